The fourth-order valence-corrected chi connectivity index (χ4v) is 2.26. The van der Waals surface area contributed by atoms with Crippen molar-refractivity contribution >= 4 is 23.4 Å². The van der Waals surface area contributed by atoms with Crippen LogP contribution in [0.25, 0.3) is 0 Å². The highest BCUT2D eigenvalue weighted by atomic mass is 35.5. The van der Waals surface area contributed by atoms with Crippen LogP contribution in [0.4, 0.5) is 5.82 Å². The van der Waals surface area contributed by atoms with E-state index in [1.165, 1.54) is 31.5 Å². The van der Waals surface area contributed by atoms with Crippen LogP contribution < -0.4 is 5.32 Å². The number of carboxylic acid groups (broad SMARTS) is 1. The first-order valence-corrected chi connectivity index (χ1v) is 7.37. The number of anilines is 1. The molecule has 0 radical (unpaired) electrons. The number of hydrogen-bond donors (Lipinski definition) is 2. The second-order valence-electron chi connectivity index (χ2n) is 5.80. The Balaban J connectivity index is 2.65. The average Bonchev–Trinajstić information content (AvgIpc) is 2.37. The van der Waals surface area contributed by atoms with E-state index in [1.807, 2.05) is 0 Å². The summed E-state index contributed by atoms with van der Waals surface area (Å²) in [6, 6.07) is 1.40. The van der Waals surface area contributed by atoms with Gasteiger partial charge in [-0.25, -0.2) is 9.78 Å². The number of unbranched alkanes of at least 4 members (excludes halogenated alkanes) is 2. The lowest BCUT2D eigenvalue weighted by Crippen LogP contribution is -2.23. The summed E-state index contributed by atoms with van der Waals surface area (Å²) in [6.45, 7) is 7.27. The van der Waals surface area contributed by atoms with E-state index in [9.17, 15) is 4.79 Å². The molecule has 4 nitrogen and oxygen atoms in total. The second kappa shape index (κ2) is 7.48. The lowest BCUT2D eigenvalue weighted by Gasteiger charge is -2.25. The molecule has 0 aliphatic rings. The smallest absolute Gasteiger partial charge is 0.337 e. The molecule has 1 aromatic heterocycles. The van der Waals surface area contributed by atoms with Gasteiger partial charge in [0.05, 0.1) is 10.6 Å². The zero-order chi connectivity index (χ0) is 15.2. The molecule has 0 fully saturated rings. The number of aromatic nitrogens is 1. The van der Waals surface area contributed by atoms with Crippen molar-refractivity contribution in [2.45, 2.75) is 46.5 Å². The van der Waals surface area contributed by atoms with Crippen molar-refractivity contribution in [3.63, 3.8) is 0 Å². The molecule has 0 aromatic carbocycles. The molecule has 2 N–H and O–H groups in total. The minimum absolute atomic E-state index is 0.0768. The minimum atomic E-state index is -1.04. The lowest BCUT2D eigenvalue weighted by molar-refractivity contribution is 0.0697. The zero-order valence-electron chi connectivity index (χ0n) is 12.4. The van der Waals surface area contributed by atoms with Gasteiger partial charge in [-0.05, 0) is 17.9 Å². The van der Waals surface area contributed by atoms with Crippen molar-refractivity contribution in [3.8, 4) is 0 Å². The molecule has 1 heterocycles. The number of rotatable bonds is 8. The molecule has 0 saturated carbocycles. The first-order valence-electron chi connectivity index (χ1n) is 6.99. The van der Waals surface area contributed by atoms with Gasteiger partial charge in [0.2, 0.25) is 0 Å². The summed E-state index contributed by atoms with van der Waals surface area (Å²) in [5.74, 6) is -0.599. The Morgan fingerprint density at radius 1 is 1.45 bits per heavy atom. The number of carboxylic acids is 1. The second-order valence-corrected chi connectivity index (χ2v) is 6.18. The molecule has 0 unspecified atom stereocenters. The van der Waals surface area contributed by atoms with Gasteiger partial charge in [0.1, 0.15) is 5.82 Å². The van der Waals surface area contributed by atoms with Gasteiger partial charge >= 0.3 is 5.97 Å². The number of aromatic carboxylic acids is 1. The van der Waals surface area contributed by atoms with Crippen molar-refractivity contribution in [2.75, 3.05) is 11.9 Å². The van der Waals surface area contributed by atoms with E-state index in [1.54, 1.807) is 0 Å². The van der Waals surface area contributed by atoms with Gasteiger partial charge in [-0.1, -0.05) is 51.6 Å². The molecular formula is C15H23ClN2O2. The topological polar surface area (TPSA) is 62.2 Å². The van der Waals surface area contributed by atoms with Crippen LogP contribution in [0.2, 0.25) is 5.02 Å². The minimum Gasteiger partial charge on any atom is -0.478 e. The quantitative estimate of drug-likeness (QED) is 0.696. The van der Waals surface area contributed by atoms with E-state index in [-0.39, 0.29) is 16.0 Å². The predicted molar refractivity (Wildman–Crippen MR) is 82.6 cm³/mol. The summed E-state index contributed by atoms with van der Waals surface area (Å²) in [4.78, 5) is 15.1. The maximum absolute atomic E-state index is 11.0. The van der Waals surface area contributed by atoms with Crippen LogP contribution in [0, 0.1) is 5.41 Å². The fraction of sp³-hybridized carbons (Fsp3) is 0.600. The Morgan fingerprint density at radius 2 is 2.15 bits per heavy atom. The van der Waals surface area contributed by atoms with Crippen LogP contribution in [0.15, 0.2) is 12.3 Å². The van der Waals surface area contributed by atoms with Crippen LogP contribution >= 0.6 is 11.6 Å². The zero-order valence-corrected chi connectivity index (χ0v) is 13.1. The predicted octanol–water partition coefficient (Wildman–Crippen LogP) is 4.45. The lowest BCUT2D eigenvalue weighted by atomic mass is 9.87. The summed E-state index contributed by atoms with van der Waals surface area (Å²) in [6.07, 6.45) is 6.21. The summed E-state index contributed by atoms with van der Waals surface area (Å²) in [5.41, 5.74) is 0.201. The maximum Gasteiger partial charge on any atom is 0.337 e. The number of pyridine rings is 1. The molecule has 0 aliphatic carbocycles. The summed E-state index contributed by atoms with van der Waals surface area (Å²) >= 11 is 6.05. The molecule has 5 heteroatoms. The van der Waals surface area contributed by atoms with Crippen LogP contribution in [0.3, 0.4) is 0 Å². The van der Waals surface area contributed by atoms with Crippen molar-refractivity contribution in [1.82, 2.24) is 4.98 Å². The Kier molecular flexibility index (Phi) is 6.27. The van der Waals surface area contributed by atoms with E-state index in [0.29, 0.717) is 12.4 Å². The Bertz CT molecular complexity index is 461. The normalized spacial score (nSPS) is 11.4. The third-order valence-corrected chi connectivity index (χ3v) is 3.69. The average molecular weight is 299 g/mol. The van der Waals surface area contributed by atoms with Crippen molar-refractivity contribution in [3.05, 3.63) is 22.8 Å². The van der Waals surface area contributed by atoms with Gasteiger partial charge in [-0.2, -0.15) is 0 Å². The van der Waals surface area contributed by atoms with Crippen LogP contribution in [-0.2, 0) is 0 Å². The largest absolute Gasteiger partial charge is 0.478 e. The standard InChI is InChI=1S/C15H23ClN2O2/c1-4-5-6-8-15(2,3)10-18-13-12(16)11(14(19)20)7-9-17-13/h7,9H,4-6,8,10H2,1-3H3,(H,17,18)(H,19,20). The SMILES string of the molecule is CCCCCC(C)(C)CNc1nccc(C(=O)O)c1Cl. The Morgan fingerprint density at radius 3 is 2.75 bits per heavy atom. The maximum atomic E-state index is 11.0. The van der Waals surface area contributed by atoms with Crippen molar-refractivity contribution in [1.29, 1.82) is 0 Å². The van der Waals surface area contributed by atoms with Gasteiger partial charge in [0, 0.05) is 12.7 Å². The van der Waals surface area contributed by atoms with Gasteiger partial charge in [-0.3, -0.25) is 0 Å². The number of hydrogen-bond acceptors (Lipinski definition) is 3. The number of halogens is 1. The number of nitrogens with one attached hydrogen (secondary N) is 1. The van der Waals surface area contributed by atoms with Crippen LogP contribution in [-0.4, -0.2) is 22.6 Å². The van der Waals surface area contributed by atoms with E-state index in [0.717, 1.165) is 6.42 Å². The van der Waals surface area contributed by atoms with Gasteiger partial charge < -0.3 is 10.4 Å². The number of nitrogens with zero attached hydrogens (tertiary/aromatic N) is 1. The van der Waals surface area contributed by atoms with Gasteiger partial charge in [0.15, 0.2) is 0 Å². The van der Waals surface area contributed by atoms with Crippen molar-refractivity contribution in [2.24, 2.45) is 5.41 Å². The molecule has 0 aliphatic heterocycles. The van der Waals surface area contributed by atoms with Gasteiger partial charge in [0.25, 0.3) is 0 Å². The van der Waals surface area contributed by atoms with Gasteiger partial charge in [-0.15, -0.1) is 0 Å². The molecular weight excluding hydrogens is 276 g/mol. The fourth-order valence-electron chi connectivity index (χ4n) is 2.00. The van der Waals surface area contributed by atoms with E-state index in [2.05, 4.69) is 31.1 Å². The molecule has 0 saturated heterocycles. The van der Waals surface area contributed by atoms with Crippen LogP contribution in [0.1, 0.15) is 56.8 Å². The number of carbonyl (C=O) groups is 1. The Labute approximate surface area is 125 Å². The summed E-state index contributed by atoms with van der Waals surface area (Å²) in [7, 11) is 0. The summed E-state index contributed by atoms with van der Waals surface area (Å²) in [5, 5.41) is 12.4. The molecule has 0 amide bonds. The molecule has 0 spiro atoms. The highest BCUT2D eigenvalue weighted by Crippen LogP contribution is 2.27. The highest BCUT2D eigenvalue weighted by molar-refractivity contribution is 6.35. The molecule has 0 bridgehead atoms. The highest BCUT2D eigenvalue weighted by Gasteiger charge is 2.19. The molecule has 1 rings (SSSR count). The molecule has 0 atom stereocenters. The first kappa shape index (κ1) is 16.8. The summed E-state index contributed by atoms with van der Waals surface area (Å²) < 4.78 is 0. The molecule has 1 aromatic rings. The molecule has 20 heavy (non-hydrogen) atoms. The Hall–Kier alpha value is -1.29. The third-order valence-electron chi connectivity index (χ3n) is 3.31. The van der Waals surface area contributed by atoms with E-state index < -0.39 is 5.97 Å². The van der Waals surface area contributed by atoms with E-state index >= 15 is 0 Å². The monoisotopic (exact) mass is 298 g/mol. The third kappa shape index (κ3) is 5.00. The van der Waals surface area contributed by atoms with Crippen molar-refractivity contribution < 1.29 is 9.90 Å². The molecule has 112 valence electrons. The first-order chi connectivity index (χ1) is 9.37. The van der Waals surface area contributed by atoms with Crippen LogP contribution in [0.5, 0.6) is 0 Å². The van der Waals surface area contributed by atoms with E-state index in [4.69, 9.17) is 16.7 Å².